The van der Waals surface area contributed by atoms with Crippen molar-refractivity contribution < 1.29 is 22.9 Å². The summed E-state index contributed by atoms with van der Waals surface area (Å²) in [6, 6.07) is 0. The number of carbonyl (C=O) groups excluding carboxylic acids is 1. The molecule has 228 valence electrons. The van der Waals surface area contributed by atoms with Crippen LogP contribution in [0.1, 0.15) is 77.6 Å². The Bertz CT molecular complexity index is 768. The number of allylic oxidation sites excluding steroid dienone is 1. The van der Waals surface area contributed by atoms with Gasteiger partial charge in [0.05, 0.1) is 17.9 Å². The number of carbonyl (C=O) groups is 1. The molecule has 9 heteroatoms. The maximum Gasteiger partial charge on any atom is 0.292 e. The molecule has 4 atom stereocenters. The second-order valence-corrected chi connectivity index (χ2v) is 27.5. The molecule has 1 fully saturated rings. The standard InChI is InChI=1S/C30H61NO5Si3/c1-12-13-16-19-25(34-37(3,4)5)22-23-26-27(29(35-38(6,7)8)24-28(26)31-33-2)20-17-14-15-18-21-30(32)36-39(9,10)11/h22-23,25-27,29H,12-21,24H2,1-11H3/b23-22+,31-28+/t25-,26-,27-,29-/m0/s1. The topological polar surface area (TPSA) is 66.4 Å². The van der Waals surface area contributed by atoms with E-state index in [1.165, 1.54) is 19.3 Å². The number of hydrogen-bond donors (Lipinski definition) is 0. The minimum absolute atomic E-state index is 0.0341. The summed E-state index contributed by atoms with van der Waals surface area (Å²) >= 11 is 0. The van der Waals surface area contributed by atoms with Gasteiger partial charge in [-0.2, -0.15) is 0 Å². The zero-order valence-electron chi connectivity index (χ0n) is 27.2. The van der Waals surface area contributed by atoms with E-state index in [1.54, 1.807) is 7.11 Å². The summed E-state index contributed by atoms with van der Waals surface area (Å²) in [6.07, 6.45) is 16.3. The molecule has 0 aromatic carbocycles. The van der Waals surface area contributed by atoms with Gasteiger partial charge in [0.25, 0.3) is 5.97 Å². The smallest absolute Gasteiger partial charge is 0.292 e. The monoisotopic (exact) mass is 599 g/mol. The fourth-order valence-electron chi connectivity index (χ4n) is 5.27. The molecular weight excluding hydrogens is 539 g/mol. The highest BCUT2D eigenvalue weighted by atomic mass is 28.4. The van der Waals surface area contributed by atoms with Gasteiger partial charge in [0.15, 0.2) is 16.6 Å². The van der Waals surface area contributed by atoms with E-state index in [-0.39, 0.29) is 24.1 Å². The van der Waals surface area contributed by atoms with Crippen molar-refractivity contribution in [1.29, 1.82) is 0 Å². The largest absolute Gasteiger partial charge is 0.520 e. The third-order valence-corrected chi connectivity index (χ3v) is 9.53. The van der Waals surface area contributed by atoms with Crippen LogP contribution in [0.4, 0.5) is 0 Å². The van der Waals surface area contributed by atoms with Crippen molar-refractivity contribution in [3.8, 4) is 0 Å². The molecule has 0 heterocycles. The van der Waals surface area contributed by atoms with Crippen molar-refractivity contribution in [2.45, 2.75) is 149 Å². The lowest BCUT2D eigenvalue weighted by Crippen LogP contribution is -2.35. The van der Waals surface area contributed by atoms with Crippen molar-refractivity contribution in [2.75, 3.05) is 7.11 Å². The van der Waals surface area contributed by atoms with E-state index in [0.717, 1.165) is 50.7 Å². The quantitative estimate of drug-likeness (QED) is 0.0642. The highest BCUT2D eigenvalue weighted by molar-refractivity contribution is 6.71. The summed E-state index contributed by atoms with van der Waals surface area (Å²) in [5, 5.41) is 4.49. The Morgan fingerprint density at radius 2 is 1.59 bits per heavy atom. The average molecular weight is 600 g/mol. The fourth-order valence-corrected chi connectivity index (χ4v) is 8.33. The third kappa shape index (κ3) is 17.0. The molecule has 0 spiro atoms. The molecule has 6 nitrogen and oxygen atoms in total. The molecule has 1 saturated carbocycles. The van der Waals surface area contributed by atoms with Gasteiger partial charge in [-0.05, 0) is 84.1 Å². The Kier molecular flexibility index (Phi) is 16.1. The number of hydrogen-bond acceptors (Lipinski definition) is 6. The van der Waals surface area contributed by atoms with Crippen LogP contribution in [0, 0.1) is 11.8 Å². The molecule has 0 unspecified atom stereocenters. The second-order valence-electron chi connectivity index (χ2n) is 14.1. The molecular formula is C30H61NO5Si3. The van der Waals surface area contributed by atoms with Gasteiger partial charge in [-0.15, -0.1) is 0 Å². The van der Waals surface area contributed by atoms with E-state index in [1.807, 2.05) is 0 Å². The molecule has 0 N–H and O–H groups in total. The molecule has 0 aromatic heterocycles. The summed E-state index contributed by atoms with van der Waals surface area (Å²) < 4.78 is 18.9. The molecule has 1 rings (SSSR count). The van der Waals surface area contributed by atoms with Crippen LogP contribution in [0.2, 0.25) is 58.9 Å². The molecule has 1 aliphatic carbocycles. The lowest BCUT2D eigenvalue weighted by Gasteiger charge is -2.29. The minimum Gasteiger partial charge on any atom is -0.520 e. The van der Waals surface area contributed by atoms with Crippen molar-refractivity contribution in [2.24, 2.45) is 17.0 Å². The van der Waals surface area contributed by atoms with Crippen molar-refractivity contribution in [1.82, 2.24) is 0 Å². The lowest BCUT2D eigenvalue weighted by atomic mass is 9.88. The second kappa shape index (κ2) is 17.3. The van der Waals surface area contributed by atoms with Gasteiger partial charge >= 0.3 is 0 Å². The maximum atomic E-state index is 12.1. The number of rotatable bonds is 19. The van der Waals surface area contributed by atoms with Gasteiger partial charge in [-0.1, -0.05) is 62.8 Å². The molecule has 1 aliphatic rings. The van der Waals surface area contributed by atoms with E-state index >= 15 is 0 Å². The summed E-state index contributed by atoms with van der Waals surface area (Å²) in [6.45, 7) is 22.0. The molecule has 0 bridgehead atoms. The van der Waals surface area contributed by atoms with Crippen LogP contribution in [0.5, 0.6) is 0 Å². The van der Waals surface area contributed by atoms with Crippen LogP contribution in [0.25, 0.3) is 0 Å². The summed E-state index contributed by atoms with van der Waals surface area (Å²) in [4.78, 5) is 17.4. The Morgan fingerprint density at radius 1 is 0.923 bits per heavy atom. The molecule has 0 radical (unpaired) electrons. The number of oxime groups is 1. The van der Waals surface area contributed by atoms with Crippen molar-refractivity contribution in [3.63, 3.8) is 0 Å². The maximum absolute atomic E-state index is 12.1. The van der Waals surface area contributed by atoms with Crippen LogP contribution >= 0.6 is 0 Å². The zero-order chi connectivity index (χ0) is 29.7. The van der Waals surface area contributed by atoms with E-state index in [2.05, 4.69) is 83.2 Å². The Morgan fingerprint density at radius 3 is 2.15 bits per heavy atom. The Hall–Kier alpha value is -0.749. The van der Waals surface area contributed by atoms with E-state index in [9.17, 15) is 4.79 Å². The molecule has 0 saturated heterocycles. The highest BCUT2D eigenvalue weighted by Gasteiger charge is 2.42. The molecule has 0 aromatic rings. The molecule has 0 aliphatic heterocycles. The number of nitrogens with zero attached hydrogens (tertiary/aromatic N) is 1. The van der Waals surface area contributed by atoms with E-state index in [0.29, 0.717) is 12.3 Å². The van der Waals surface area contributed by atoms with Crippen molar-refractivity contribution >= 4 is 36.6 Å². The summed E-state index contributed by atoms with van der Waals surface area (Å²) in [5.41, 5.74) is 1.09. The average Bonchev–Trinajstić information content (AvgIpc) is 3.06. The number of unbranched alkanes of at least 4 members (excludes halogenated alkanes) is 5. The van der Waals surface area contributed by atoms with Gasteiger partial charge in [0, 0.05) is 18.8 Å². The summed E-state index contributed by atoms with van der Waals surface area (Å²) in [7, 11) is -3.54. The van der Waals surface area contributed by atoms with E-state index < -0.39 is 25.0 Å². The predicted octanol–water partition coefficient (Wildman–Crippen LogP) is 8.92. The van der Waals surface area contributed by atoms with Crippen LogP contribution in [-0.4, -0.2) is 56.0 Å². The first-order chi connectivity index (χ1) is 18.0. The van der Waals surface area contributed by atoms with Crippen LogP contribution in [-0.2, 0) is 22.9 Å². The SMILES string of the molecule is CCCCC[C@@H](/C=C/[C@@H]1/C(=N/OC)C[C@H](O[Si](C)(C)C)[C@H]1CCCCCCC(=O)O[Si](C)(C)C)O[Si](C)(C)C. The summed E-state index contributed by atoms with van der Waals surface area (Å²) in [5.74, 6) is 0.548. The Labute approximate surface area is 244 Å². The van der Waals surface area contributed by atoms with Gasteiger partial charge in [0.1, 0.15) is 7.11 Å². The van der Waals surface area contributed by atoms with Crippen LogP contribution < -0.4 is 0 Å². The van der Waals surface area contributed by atoms with Gasteiger partial charge in [-0.25, -0.2) is 0 Å². The molecule has 0 amide bonds. The van der Waals surface area contributed by atoms with Crippen molar-refractivity contribution in [3.05, 3.63) is 12.2 Å². The minimum atomic E-state index is -1.80. The van der Waals surface area contributed by atoms with Crippen LogP contribution in [0.3, 0.4) is 0 Å². The zero-order valence-corrected chi connectivity index (χ0v) is 30.2. The Balaban J connectivity index is 2.94. The normalized spacial score (nSPS) is 22.5. The predicted molar refractivity (Wildman–Crippen MR) is 173 cm³/mol. The fraction of sp³-hybridized carbons (Fsp3) is 0.867. The third-order valence-electron chi connectivity index (χ3n) is 6.67. The highest BCUT2D eigenvalue weighted by Crippen LogP contribution is 2.39. The first-order valence-electron chi connectivity index (χ1n) is 15.4. The van der Waals surface area contributed by atoms with Gasteiger partial charge < -0.3 is 18.1 Å². The van der Waals surface area contributed by atoms with Crippen LogP contribution in [0.15, 0.2) is 17.3 Å². The van der Waals surface area contributed by atoms with Gasteiger partial charge in [-0.3, -0.25) is 4.79 Å². The van der Waals surface area contributed by atoms with E-state index in [4.69, 9.17) is 18.1 Å². The first-order valence-corrected chi connectivity index (χ1v) is 25.6. The molecule has 39 heavy (non-hydrogen) atoms. The first kappa shape index (κ1) is 36.3. The lowest BCUT2D eigenvalue weighted by molar-refractivity contribution is -0.135. The van der Waals surface area contributed by atoms with Gasteiger partial charge in [0.2, 0.25) is 8.32 Å².